The highest BCUT2D eigenvalue weighted by atomic mass is 32.1. The van der Waals surface area contributed by atoms with Gasteiger partial charge in [-0.25, -0.2) is 0 Å². The maximum atomic E-state index is 6.66. The molecule has 0 aliphatic carbocycles. The van der Waals surface area contributed by atoms with E-state index in [9.17, 15) is 0 Å². The molecule has 0 aliphatic heterocycles. The van der Waals surface area contributed by atoms with Crippen molar-refractivity contribution in [2.45, 2.75) is 0 Å². The second-order valence-electron chi connectivity index (χ2n) is 0.224. The molecule has 26 valence electrons. The number of hydrogen-bond acceptors (Lipinski definition) is 2. The van der Waals surface area contributed by atoms with Crippen LogP contribution in [0.5, 0.6) is 0 Å². The zero-order valence-electron chi connectivity index (χ0n) is 5.89. The Morgan fingerprint density at radius 3 is 1.75 bits per heavy atom. The van der Waals surface area contributed by atoms with E-state index in [1.807, 2.05) is 0 Å². The smallest absolute Gasteiger partial charge is 0.0386 e. The van der Waals surface area contributed by atoms with E-state index in [0.717, 1.165) is 0 Å². The van der Waals surface area contributed by atoms with E-state index in [1.165, 1.54) is 0 Å². The Morgan fingerprint density at radius 2 is 1.75 bits per heavy atom. The van der Waals surface area contributed by atoms with Crippen LogP contribution in [0.25, 0.3) is 0 Å². The molecule has 0 saturated carbocycles. The number of thiol groups is 2. The lowest BCUT2D eigenvalue weighted by Crippen LogP contribution is -1.64. The third-order valence-corrected chi connectivity index (χ3v) is 0.450. The summed E-state index contributed by atoms with van der Waals surface area (Å²) in [6, 6.07) is 0. The molecule has 0 radical (unpaired) electrons. The van der Waals surface area contributed by atoms with Gasteiger partial charge in [-0.2, -0.15) is 25.3 Å². The van der Waals surface area contributed by atoms with Crippen LogP contribution in [0, 0.1) is 0 Å². The molecule has 0 unspecified atom stereocenters. The van der Waals surface area contributed by atoms with Gasteiger partial charge in [0.05, 0.1) is 0 Å². The lowest BCUT2D eigenvalue weighted by Gasteiger charge is -1.67. The Morgan fingerprint density at radius 1 is 1.50 bits per heavy atom. The first-order valence-electron chi connectivity index (χ1n) is 2.70. The van der Waals surface area contributed by atoms with Gasteiger partial charge in [0.1, 0.15) is 0 Å². The summed E-state index contributed by atoms with van der Waals surface area (Å²) < 4.78 is 26.7. The van der Waals surface area contributed by atoms with E-state index in [0.29, 0.717) is 0 Å². The highest BCUT2D eigenvalue weighted by molar-refractivity contribution is 7.84. The van der Waals surface area contributed by atoms with Crippen LogP contribution >= 0.6 is 25.3 Å². The Balaban J connectivity index is 4.02. The molecule has 2 heteroatoms. The van der Waals surface area contributed by atoms with Crippen LogP contribution in [0.3, 0.4) is 0 Å². The average molecular weight is 98.2 g/mol. The van der Waals surface area contributed by atoms with Crippen molar-refractivity contribution >= 4 is 25.3 Å². The summed E-state index contributed by atoms with van der Waals surface area (Å²) in [6.07, 6.45) is 0. The van der Waals surface area contributed by atoms with E-state index in [1.54, 1.807) is 0 Å². The van der Waals surface area contributed by atoms with E-state index >= 15 is 0 Å². The average Bonchev–Trinajstić information content (AvgIpc) is 1.25. The Bertz CT molecular complexity index is 67.0. The monoisotopic (exact) mass is 98.0 g/mol. The Kier molecular flexibility index (Phi) is 1.00. The molecule has 0 aliphatic rings. The second-order valence-corrected chi connectivity index (χ2v) is 0.671. The molecule has 0 atom stereocenters. The van der Waals surface area contributed by atoms with Crippen molar-refractivity contribution in [2.24, 2.45) is 0 Å². The summed E-state index contributed by atoms with van der Waals surface area (Å²) in [6.45, 7) is 0. The van der Waals surface area contributed by atoms with Gasteiger partial charge in [-0.1, -0.05) is 0 Å². The fourth-order valence-corrected chi connectivity index (χ4v) is 0. The molecule has 0 rings (SSSR count). The molecule has 0 aromatic carbocycles. The fraction of sp³-hybridized carbons (Fsp3) is 1.00. The predicted octanol–water partition coefficient (Wildman–Crippen LogP) is 0.846. The minimum absolute atomic E-state index is 2.17. The Labute approximate surface area is 43.0 Å². The lowest BCUT2D eigenvalue weighted by molar-refractivity contribution is 1.59. The number of rotatable bonds is 1. The summed E-state index contributed by atoms with van der Waals surface area (Å²) >= 11 is 6.63. The third kappa shape index (κ3) is 2.70. The summed E-state index contributed by atoms with van der Waals surface area (Å²) in [5.74, 6) is 0. The van der Waals surface area contributed by atoms with Gasteiger partial charge in [0, 0.05) is 5.48 Å². The van der Waals surface area contributed by atoms with Gasteiger partial charge in [-0.15, -0.1) is 0 Å². The van der Waals surface area contributed by atoms with Crippen LogP contribution < -0.4 is 0 Å². The normalized spacial score (nSPS) is 29.5. The maximum Gasteiger partial charge on any atom is 0.0386 e. The second kappa shape index (κ2) is 3.70. The van der Waals surface area contributed by atoms with Crippen LogP contribution in [0.4, 0.5) is 0 Å². The van der Waals surface area contributed by atoms with Crippen LogP contribution in [-0.2, 0) is 0 Å². The topological polar surface area (TPSA) is 0 Å². The van der Waals surface area contributed by atoms with Crippen molar-refractivity contribution in [1.82, 2.24) is 0 Å². The first-order chi connectivity index (χ1) is 3.25. The van der Waals surface area contributed by atoms with Gasteiger partial charge in [-0.3, -0.25) is 0 Å². The standard InChI is InChI=1S/C2H6S2/c3-1-2-4/h3-4H,1-2H2/i1D2,2D2. The van der Waals surface area contributed by atoms with Gasteiger partial charge in [0.25, 0.3) is 0 Å². The first kappa shape index (κ1) is 1.09. The molecule has 0 aromatic heterocycles. The van der Waals surface area contributed by atoms with E-state index in [4.69, 9.17) is 5.48 Å². The van der Waals surface area contributed by atoms with Crippen molar-refractivity contribution in [3.63, 3.8) is 0 Å². The van der Waals surface area contributed by atoms with Crippen molar-refractivity contribution in [3.05, 3.63) is 0 Å². The van der Waals surface area contributed by atoms with Crippen molar-refractivity contribution in [2.75, 3.05) is 11.4 Å². The maximum absolute atomic E-state index is 6.66. The zero-order valence-corrected chi connectivity index (χ0v) is 3.68. The molecule has 0 spiro atoms. The van der Waals surface area contributed by atoms with Gasteiger partial charge >= 0.3 is 0 Å². The SMILES string of the molecule is [2H]C([2H])(S)C([2H])([2H])S. The van der Waals surface area contributed by atoms with E-state index < -0.39 is 11.4 Å². The van der Waals surface area contributed by atoms with Crippen LogP contribution in [0.15, 0.2) is 0 Å². The molecule has 0 amide bonds. The molecule has 0 nitrogen and oxygen atoms in total. The highest BCUT2D eigenvalue weighted by Gasteiger charge is 1.57. The fourth-order valence-electron chi connectivity index (χ4n) is 0. The first-order valence-corrected chi connectivity index (χ1v) is 1.59. The molecular formula is C2H6S2. The molecular weight excluding hydrogens is 88.2 g/mol. The zero-order chi connectivity index (χ0) is 7.00. The summed E-state index contributed by atoms with van der Waals surface area (Å²) in [5, 5.41) is 0. The van der Waals surface area contributed by atoms with Crippen LogP contribution in [-0.4, -0.2) is 11.4 Å². The van der Waals surface area contributed by atoms with Crippen molar-refractivity contribution < 1.29 is 5.48 Å². The molecule has 0 saturated heterocycles. The van der Waals surface area contributed by atoms with Gasteiger partial charge < -0.3 is 0 Å². The summed E-state index contributed by atoms with van der Waals surface area (Å²) in [4.78, 5) is 0. The van der Waals surface area contributed by atoms with E-state index in [2.05, 4.69) is 25.3 Å². The van der Waals surface area contributed by atoms with Crippen LogP contribution in [0.2, 0.25) is 0 Å². The van der Waals surface area contributed by atoms with Gasteiger partial charge in [-0.05, 0) is 11.4 Å². The Hall–Kier alpha value is 0.700. The number of hydrogen-bond donors (Lipinski definition) is 2. The largest absolute Gasteiger partial charge is 0.179 e. The highest BCUT2D eigenvalue weighted by Crippen LogP contribution is 1.73. The molecule has 4 heavy (non-hydrogen) atoms. The molecule has 0 fully saturated rings. The minimum atomic E-state index is -2.17. The molecule has 0 bridgehead atoms. The van der Waals surface area contributed by atoms with Crippen molar-refractivity contribution in [1.29, 1.82) is 0 Å². The van der Waals surface area contributed by atoms with E-state index in [-0.39, 0.29) is 0 Å². The summed E-state index contributed by atoms with van der Waals surface area (Å²) in [7, 11) is 0. The molecule has 0 heterocycles. The molecule has 0 N–H and O–H groups in total. The predicted molar refractivity (Wildman–Crippen MR) is 27.7 cm³/mol. The summed E-state index contributed by atoms with van der Waals surface area (Å²) in [5.41, 5.74) is -4.34. The van der Waals surface area contributed by atoms with Crippen LogP contribution in [0.1, 0.15) is 5.48 Å². The minimum Gasteiger partial charge on any atom is -0.179 e. The van der Waals surface area contributed by atoms with Gasteiger partial charge in [0.15, 0.2) is 0 Å². The lowest BCUT2D eigenvalue weighted by atomic mass is 11.0. The van der Waals surface area contributed by atoms with Gasteiger partial charge in [0.2, 0.25) is 0 Å². The van der Waals surface area contributed by atoms with Crippen molar-refractivity contribution in [3.8, 4) is 0 Å². The third-order valence-electron chi connectivity index (χ3n) is 0.0500. The quantitative estimate of drug-likeness (QED) is 0.446. The molecule has 0 aromatic rings.